The van der Waals surface area contributed by atoms with E-state index in [1.54, 1.807) is 19.2 Å². The zero-order valence-corrected chi connectivity index (χ0v) is 21.7. The number of hydrogen-bond acceptors (Lipinski definition) is 5. The second-order valence-electron chi connectivity index (χ2n) is 8.24. The van der Waals surface area contributed by atoms with Gasteiger partial charge in [0.05, 0.1) is 24.1 Å². The van der Waals surface area contributed by atoms with Crippen molar-refractivity contribution in [3.05, 3.63) is 94.5 Å². The lowest BCUT2D eigenvalue weighted by molar-refractivity contribution is -0.113. The quantitative estimate of drug-likeness (QED) is 0.262. The van der Waals surface area contributed by atoms with Gasteiger partial charge in [-0.15, -0.1) is 0 Å². The van der Waals surface area contributed by atoms with Gasteiger partial charge in [0.25, 0.3) is 0 Å². The highest BCUT2D eigenvalue weighted by atomic mass is 35.5. The summed E-state index contributed by atoms with van der Waals surface area (Å²) in [4.78, 5) is 17.6. The van der Waals surface area contributed by atoms with Crippen molar-refractivity contribution in [2.45, 2.75) is 18.9 Å². The minimum absolute atomic E-state index is 0.0903. The van der Waals surface area contributed by atoms with Crippen LogP contribution >= 0.6 is 23.4 Å². The Kier molecular flexibility index (Phi) is 7.94. The number of nitrogens with one attached hydrogen (secondary N) is 1. The van der Waals surface area contributed by atoms with Crippen molar-refractivity contribution in [2.24, 2.45) is 0 Å². The number of amides is 1. The molecular weight excluding hydrogens is 490 g/mol. The number of aryl methyl sites for hydroxylation is 2. The third-order valence-corrected chi connectivity index (χ3v) is 6.87. The number of pyridine rings is 1. The number of rotatable bonds is 7. The van der Waals surface area contributed by atoms with Gasteiger partial charge in [-0.25, -0.2) is 4.98 Å². The molecule has 1 N–H and O–H groups in total. The van der Waals surface area contributed by atoms with Crippen LogP contribution in [-0.2, 0) is 4.79 Å². The molecule has 1 aromatic heterocycles. The van der Waals surface area contributed by atoms with E-state index in [0.29, 0.717) is 21.3 Å². The van der Waals surface area contributed by atoms with Gasteiger partial charge in [0.1, 0.15) is 16.8 Å². The zero-order valence-electron chi connectivity index (χ0n) is 20.1. The lowest BCUT2D eigenvalue weighted by Gasteiger charge is -2.13. The zero-order chi connectivity index (χ0) is 25.7. The summed E-state index contributed by atoms with van der Waals surface area (Å²) in [7, 11) is 1.61. The average Bonchev–Trinajstić information content (AvgIpc) is 2.89. The average molecular weight is 514 g/mol. The summed E-state index contributed by atoms with van der Waals surface area (Å²) in [6.07, 6.45) is 0. The molecule has 0 fully saturated rings. The van der Waals surface area contributed by atoms with Gasteiger partial charge in [-0.05, 0) is 55.3 Å². The van der Waals surface area contributed by atoms with Crippen LogP contribution in [0.25, 0.3) is 22.4 Å². The van der Waals surface area contributed by atoms with Crippen LogP contribution in [-0.4, -0.2) is 23.8 Å². The Morgan fingerprint density at radius 1 is 1.03 bits per heavy atom. The number of nitrogens with zero attached hydrogens (tertiary/aromatic N) is 2. The van der Waals surface area contributed by atoms with E-state index < -0.39 is 0 Å². The Labute approximate surface area is 220 Å². The fourth-order valence-electron chi connectivity index (χ4n) is 3.65. The van der Waals surface area contributed by atoms with Crippen LogP contribution < -0.4 is 10.1 Å². The molecule has 0 aliphatic heterocycles. The number of ether oxygens (including phenoxy) is 1. The Balaban J connectivity index is 1.70. The first-order valence-corrected chi connectivity index (χ1v) is 12.6. The van der Waals surface area contributed by atoms with Crippen molar-refractivity contribution in [1.82, 2.24) is 4.98 Å². The maximum Gasteiger partial charge on any atom is 0.234 e. The van der Waals surface area contributed by atoms with Crippen LogP contribution in [0, 0.1) is 25.2 Å². The predicted molar refractivity (Wildman–Crippen MR) is 147 cm³/mol. The van der Waals surface area contributed by atoms with Gasteiger partial charge in [0.15, 0.2) is 0 Å². The van der Waals surface area contributed by atoms with Crippen LogP contribution in [0.1, 0.15) is 16.7 Å². The third kappa shape index (κ3) is 5.88. The summed E-state index contributed by atoms with van der Waals surface area (Å²) < 4.78 is 5.28. The summed E-state index contributed by atoms with van der Waals surface area (Å²) in [6, 6.07) is 25.2. The molecule has 0 unspecified atom stereocenters. The molecule has 180 valence electrons. The Morgan fingerprint density at radius 2 is 1.72 bits per heavy atom. The lowest BCUT2D eigenvalue weighted by Crippen LogP contribution is -2.15. The van der Waals surface area contributed by atoms with E-state index in [9.17, 15) is 10.1 Å². The normalized spacial score (nSPS) is 10.5. The highest BCUT2D eigenvalue weighted by Gasteiger charge is 2.17. The van der Waals surface area contributed by atoms with Gasteiger partial charge in [-0.2, -0.15) is 5.26 Å². The van der Waals surface area contributed by atoms with Crippen LogP contribution in [0.4, 0.5) is 5.69 Å². The molecule has 1 heterocycles. The number of carbonyl (C=O) groups excluding carboxylic acids is 1. The molecule has 36 heavy (non-hydrogen) atoms. The highest BCUT2D eigenvalue weighted by Crippen LogP contribution is 2.35. The Morgan fingerprint density at radius 3 is 2.39 bits per heavy atom. The molecule has 5 nitrogen and oxygen atoms in total. The molecule has 3 aromatic carbocycles. The van der Waals surface area contributed by atoms with E-state index >= 15 is 0 Å². The van der Waals surface area contributed by atoms with Gasteiger partial charge < -0.3 is 10.1 Å². The second kappa shape index (κ2) is 11.3. The van der Waals surface area contributed by atoms with E-state index in [1.165, 1.54) is 11.8 Å². The topological polar surface area (TPSA) is 75.0 Å². The molecular formula is C29H24ClN3O2S. The van der Waals surface area contributed by atoms with Crippen molar-refractivity contribution in [3.63, 3.8) is 0 Å². The highest BCUT2D eigenvalue weighted by molar-refractivity contribution is 8.00. The SMILES string of the molecule is COc1ccc(-c2cc(-c3ccc(C)cc3)nc(SCC(=O)Nc3cc(Cl)ccc3C)c2C#N)cc1. The number of thioether (sulfide) groups is 1. The summed E-state index contributed by atoms with van der Waals surface area (Å²) in [6.45, 7) is 3.93. The van der Waals surface area contributed by atoms with Crippen molar-refractivity contribution in [2.75, 3.05) is 18.2 Å². The summed E-state index contributed by atoms with van der Waals surface area (Å²) in [5.41, 5.74) is 6.42. The van der Waals surface area contributed by atoms with Crippen molar-refractivity contribution in [3.8, 4) is 34.2 Å². The number of nitriles is 1. The second-order valence-corrected chi connectivity index (χ2v) is 9.64. The largest absolute Gasteiger partial charge is 0.497 e. The molecule has 1 amide bonds. The molecule has 0 spiro atoms. The van der Waals surface area contributed by atoms with Crippen molar-refractivity contribution < 1.29 is 9.53 Å². The fourth-order valence-corrected chi connectivity index (χ4v) is 4.63. The van der Waals surface area contributed by atoms with Crippen molar-refractivity contribution >= 4 is 35.0 Å². The monoisotopic (exact) mass is 513 g/mol. The minimum Gasteiger partial charge on any atom is -0.497 e. The maximum absolute atomic E-state index is 12.8. The van der Waals surface area contributed by atoms with Crippen molar-refractivity contribution in [1.29, 1.82) is 5.26 Å². The molecule has 7 heteroatoms. The van der Waals surface area contributed by atoms with Gasteiger partial charge in [0, 0.05) is 21.8 Å². The first kappa shape index (κ1) is 25.3. The standard InChI is InChI=1S/C29H24ClN3O2S/c1-18-4-7-21(8-5-18)27-15-24(20-9-12-23(35-3)13-10-20)25(16-31)29(33-27)36-17-28(34)32-26-14-22(30)11-6-19(26)2/h4-15H,17H2,1-3H3,(H,32,34). The number of hydrogen-bond donors (Lipinski definition) is 1. The number of benzene rings is 3. The van der Waals surface area contributed by atoms with Gasteiger partial charge in [-0.3, -0.25) is 4.79 Å². The molecule has 4 rings (SSSR count). The van der Waals surface area contributed by atoms with Crippen LogP contribution in [0.5, 0.6) is 5.75 Å². The predicted octanol–water partition coefficient (Wildman–Crippen LogP) is 7.30. The number of methoxy groups -OCH3 is 1. The molecule has 0 saturated heterocycles. The summed E-state index contributed by atoms with van der Waals surface area (Å²) in [5, 5.41) is 14.0. The number of carbonyl (C=O) groups is 1. The van der Waals surface area contributed by atoms with Gasteiger partial charge in [0.2, 0.25) is 5.91 Å². The Hall–Kier alpha value is -3.79. The van der Waals surface area contributed by atoms with E-state index in [4.69, 9.17) is 21.3 Å². The number of halogens is 1. The lowest BCUT2D eigenvalue weighted by atomic mass is 9.99. The molecule has 0 radical (unpaired) electrons. The third-order valence-electron chi connectivity index (χ3n) is 5.66. The molecule has 0 saturated carbocycles. The molecule has 4 aromatic rings. The minimum atomic E-state index is -0.206. The van der Waals surface area contributed by atoms with Crippen LogP contribution in [0.15, 0.2) is 77.8 Å². The van der Waals surface area contributed by atoms with Crippen LogP contribution in [0.2, 0.25) is 5.02 Å². The number of anilines is 1. The maximum atomic E-state index is 12.8. The summed E-state index contributed by atoms with van der Waals surface area (Å²) >= 11 is 7.32. The molecule has 0 bridgehead atoms. The van der Waals surface area contributed by atoms with Crippen LogP contribution in [0.3, 0.4) is 0 Å². The van der Waals surface area contributed by atoms with E-state index in [1.807, 2.05) is 74.5 Å². The van der Waals surface area contributed by atoms with Gasteiger partial charge >= 0.3 is 0 Å². The Bertz CT molecular complexity index is 1450. The molecule has 0 aliphatic rings. The molecule has 0 atom stereocenters. The van der Waals surface area contributed by atoms with E-state index in [2.05, 4.69) is 11.4 Å². The van der Waals surface area contributed by atoms with E-state index in [-0.39, 0.29) is 11.7 Å². The first-order valence-electron chi connectivity index (χ1n) is 11.2. The van der Waals surface area contributed by atoms with E-state index in [0.717, 1.165) is 39.3 Å². The smallest absolute Gasteiger partial charge is 0.234 e. The van der Waals surface area contributed by atoms with Gasteiger partial charge in [-0.1, -0.05) is 71.4 Å². The molecule has 0 aliphatic carbocycles. The fraction of sp³-hybridized carbons (Fsp3) is 0.138. The first-order chi connectivity index (χ1) is 17.4. The summed E-state index contributed by atoms with van der Waals surface area (Å²) in [5.74, 6) is 0.614. The number of aromatic nitrogens is 1.